The molecule has 1 heterocycles. The molecular weight excluding hydrogens is 437 g/mol. The largest absolute Gasteiger partial charge is 0.376 e. The number of sulfonamides is 1. The van der Waals surface area contributed by atoms with Crippen LogP contribution >= 0.6 is 0 Å². The van der Waals surface area contributed by atoms with E-state index in [4.69, 9.17) is 4.74 Å². The lowest BCUT2D eigenvalue weighted by molar-refractivity contribution is -0.136. The zero-order chi connectivity index (χ0) is 23.0. The molecule has 2 N–H and O–H groups in total. The van der Waals surface area contributed by atoms with Gasteiger partial charge in [-0.15, -0.1) is 0 Å². The maximum absolute atomic E-state index is 13.1. The first-order chi connectivity index (χ1) is 15.3. The van der Waals surface area contributed by atoms with Gasteiger partial charge in [0.2, 0.25) is 21.8 Å². The van der Waals surface area contributed by atoms with Crippen LogP contribution in [-0.4, -0.2) is 57.5 Å². The highest BCUT2D eigenvalue weighted by molar-refractivity contribution is 7.89. The molecule has 1 atom stereocenters. The van der Waals surface area contributed by atoms with Gasteiger partial charge in [0.05, 0.1) is 24.1 Å². The van der Waals surface area contributed by atoms with E-state index < -0.39 is 28.3 Å². The van der Waals surface area contributed by atoms with Gasteiger partial charge in [0.15, 0.2) is 0 Å². The third-order valence-corrected chi connectivity index (χ3v) is 6.42. The second kappa shape index (κ2) is 11.2. The van der Waals surface area contributed by atoms with Crippen LogP contribution < -0.4 is 10.0 Å². The number of nitrogens with one attached hydrogen (secondary N) is 2. The summed E-state index contributed by atoms with van der Waals surface area (Å²) in [7, 11) is -4.00. The van der Waals surface area contributed by atoms with Crippen LogP contribution in [0.15, 0.2) is 59.5 Å². The van der Waals surface area contributed by atoms with Gasteiger partial charge in [0.1, 0.15) is 5.82 Å². The van der Waals surface area contributed by atoms with Crippen molar-refractivity contribution in [3.05, 3.63) is 66.0 Å². The van der Waals surface area contributed by atoms with Crippen LogP contribution in [0, 0.1) is 5.82 Å². The molecule has 2 amide bonds. The van der Waals surface area contributed by atoms with Gasteiger partial charge in [-0.25, -0.2) is 17.5 Å². The highest BCUT2D eigenvalue weighted by Gasteiger charge is 2.25. The fourth-order valence-electron chi connectivity index (χ4n) is 3.28. The number of halogens is 1. The van der Waals surface area contributed by atoms with E-state index in [9.17, 15) is 22.4 Å². The Balaban J connectivity index is 1.59. The number of carbonyl (C=O) groups excluding carboxylic acids is 2. The van der Waals surface area contributed by atoms with Gasteiger partial charge < -0.3 is 15.0 Å². The van der Waals surface area contributed by atoms with Crippen molar-refractivity contribution < 1.29 is 27.1 Å². The second-order valence-corrected chi connectivity index (χ2v) is 9.22. The molecule has 3 rings (SSSR count). The van der Waals surface area contributed by atoms with Crippen molar-refractivity contribution in [3.8, 4) is 0 Å². The summed E-state index contributed by atoms with van der Waals surface area (Å²) in [5, 5.41) is 2.76. The van der Waals surface area contributed by atoms with Crippen molar-refractivity contribution in [3.63, 3.8) is 0 Å². The van der Waals surface area contributed by atoms with Crippen molar-refractivity contribution in [1.82, 2.24) is 14.9 Å². The lowest BCUT2D eigenvalue weighted by atomic mass is 10.2. The first-order valence-corrected chi connectivity index (χ1v) is 11.8. The molecule has 2 aromatic rings. The van der Waals surface area contributed by atoms with E-state index in [-0.39, 0.29) is 30.0 Å². The number of carbonyl (C=O) groups is 2. The van der Waals surface area contributed by atoms with Crippen molar-refractivity contribution in [2.75, 3.05) is 26.2 Å². The number of ether oxygens (including phenoxy) is 1. The molecule has 0 saturated carbocycles. The lowest BCUT2D eigenvalue weighted by Gasteiger charge is -2.25. The van der Waals surface area contributed by atoms with E-state index in [2.05, 4.69) is 10.0 Å². The number of rotatable bonds is 10. The Morgan fingerprint density at radius 2 is 1.81 bits per heavy atom. The van der Waals surface area contributed by atoms with Crippen LogP contribution in [0.2, 0.25) is 0 Å². The minimum atomic E-state index is -4.00. The van der Waals surface area contributed by atoms with E-state index in [1.807, 2.05) is 30.3 Å². The Kier molecular flexibility index (Phi) is 8.32. The van der Waals surface area contributed by atoms with E-state index in [1.54, 1.807) is 0 Å². The molecule has 0 unspecified atom stereocenters. The van der Waals surface area contributed by atoms with Crippen molar-refractivity contribution in [1.29, 1.82) is 0 Å². The van der Waals surface area contributed by atoms with Crippen molar-refractivity contribution >= 4 is 21.8 Å². The molecule has 0 spiro atoms. The molecule has 0 radical (unpaired) electrons. The van der Waals surface area contributed by atoms with Gasteiger partial charge in [-0.05, 0) is 42.7 Å². The fraction of sp³-hybridized carbons (Fsp3) is 0.364. The predicted octanol–water partition coefficient (Wildman–Crippen LogP) is 1.43. The number of nitrogens with zero attached hydrogens (tertiary/aromatic N) is 1. The van der Waals surface area contributed by atoms with E-state index in [0.29, 0.717) is 13.2 Å². The molecule has 1 saturated heterocycles. The molecule has 0 aliphatic carbocycles. The molecule has 0 aromatic heterocycles. The Morgan fingerprint density at radius 1 is 1.09 bits per heavy atom. The molecule has 32 heavy (non-hydrogen) atoms. The monoisotopic (exact) mass is 463 g/mol. The van der Waals surface area contributed by atoms with Gasteiger partial charge in [0, 0.05) is 19.7 Å². The second-order valence-electron chi connectivity index (χ2n) is 7.45. The van der Waals surface area contributed by atoms with E-state index in [1.165, 1.54) is 4.90 Å². The summed E-state index contributed by atoms with van der Waals surface area (Å²) < 4.78 is 45.6. The Bertz CT molecular complexity index is 1010. The minimum absolute atomic E-state index is 0.155. The topological polar surface area (TPSA) is 105 Å². The molecule has 8 nitrogen and oxygen atoms in total. The third-order valence-electron chi connectivity index (χ3n) is 5.01. The molecular formula is C22H26FN3O5S. The summed E-state index contributed by atoms with van der Waals surface area (Å²) in [5.74, 6) is -1.48. The van der Waals surface area contributed by atoms with Crippen LogP contribution in [0.25, 0.3) is 0 Å². The summed E-state index contributed by atoms with van der Waals surface area (Å²) in [6, 6.07) is 13.6. The summed E-state index contributed by atoms with van der Waals surface area (Å²) in [5.41, 5.74) is 0.921. The smallest absolute Gasteiger partial charge is 0.241 e. The highest BCUT2D eigenvalue weighted by atomic mass is 32.2. The first kappa shape index (κ1) is 23.8. The lowest BCUT2D eigenvalue weighted by Crippen LogP contribution is -2.47. The number of amides is 2. The molecule has 1 aliphatic rings. The third kappa shape index (κ3) is 7.11. The Morgan fingerprint density at radius 3 is 2.47 bits per heavy atom. The number of hydrogen-bond donors (Lipinski definition) is 2. The average Bonchev–Trinajstić information content (AvgIpc) is 3.30. The maximum Gasteiger partial charge on any atom is 0.241 e. The summed E-state index contributed by atoms with van der Waals surface area (Å²) in [4.78, 5) is 26.4. The quantitative estimate of drug-likeness (QED) is 0.555. The molecule has 2 aromatic carbocycles. The molecule has 0 bridgehead atoms. The van der Waals surface area contributed by atoms with E-state index in [0.717, 1.165) is 42.7 Å². The zero-order valence-corrected chi connectivity index (χ0v) is 18.3. The van der Waals surface area contributed by atoms with Crippen molar-refractivity contribution in [2.45, 2.75) is 30.4 Å². The summed E-state index contributed by atoms with van der Waals surface area (Å²) in [6.45, 7) is 0.348. The Labute approximate surface area is 186 Å². The van der Waals surface area contributed by atoms with Crippen LogP contribution in [0.1, 0.15) is 18.4 Å². The number of benzene rings is 2. The predicted molar refractivity (Wildman–Crippen MR) is 115 cm³/mol. The van der Waals surface area contributed by atoms with Gasteiger partial charge in [-0.2, -0.15) is 0 Å². The SMILES string of the molecule is O=C(CN(C[C@H]1CCCO1)C(=O)CNS(=O)(=O)c1ccc(F)cc1)NCc1ccccc1. The molecule has 10 heteroatoms. The van der Waals surface area contributed by atoms with Gasteiger partial charge in [0.25, 0.3) is 0 Å². The average molecular weight is 464 g/mol. The normalized spacial score (nSPS) is 16.0. The zero-order valence-electron chi connectivity index (χ0n) is 17.5. The van der Waals surface area contributed by atoms with Gasteiger partial charge >= 0.3 is 0 Å². The summed E-state index contributed by atoms with van der Waals surface area (Å²) >= 11 is 0. The molecule has 1 fully saturated rings. The van der Waals surface area contributed by atoms with Crippen LogP contribution in [0.3, 0.4) is 0 Å². The standard InChI is InChI=1S/C22H26FN3O5S/c23-18-8-10-20(11-9-18)32(29,30)25-14-22(28)26(15-19-7-4-12-31-19)16-21(27)24-13-17-5-2-1-3-6-17/h1-3,5-6,8-11,19,25H,4,7,12-16H2,(H,24,27)/t19-/m1/s1. The molecule has 172 valence electrons. The van der Waals surface area contributed by atoms with Crippen LogP contribution in [0.4, 0.5) is 4.39 Å². The highest BCUT2D eigenvalue weighted by Crippen LogP contribution is 2.14. The van der Waals surface area contributed by atoms with Crippen LogP contribution in [-0.2, 0) is 30.9 Å². The maximum atomic E-state index is 13.1. The van der Waals surface area contributed by atoms with Crippen molar-refractivity contribution in [2.24, 2.45) is 0 Å². The first-order valence-electron chi connectivity index (χ1n) is 10.3. The van der Waals surface area contributed by atoms with Gasteiger partial charge in [-0.1, -0.05) is 30.3 Å². The Hall–Kier alpha value is -2.82. The van der Waals surface area contributed by atoms with E-state index >= 15 is 0 Å². The fourth-order valence-corrected chi connectivity index (χ4v) is 4.25. The summed E-state index contributed by atoms with van der Waals surface area (Å²) in [6.07, 6.45) is 1.43. The minimum Gasteiger partial charge on any atom is -0.376 e. The van der Waals surface area contributed by atoms with Crippen LogP contribution in [0.5, 0.6) is 0 Å². The molecule has 1 aliphatic heterocycles. The van der Waals surface area contributed by atoms with Gasteiger partial charge in [-0.3, -0.25) is 9.59 Å². The number of hydrogen-bond acceptors (Lipinski definition) is 5.